The van der Waals surface area contributed by atoms with E-state index in [2.05, 4.69) is 20.2 Å². The number of hydrogen-bond acceptors (Lipinski definition) is 4. The molecule has 2 fully saturated rings. The molecule has 0 atom stereocenters. The molecule has 1 aromatic heterocycles. The number of rotatable bonds is 2. The third-order valence-electron chi connectivity index (χ3n) is 4.68. The first-order valence-corrected chi connectivity index (χ1v) is 8.57. The van der Waals surface area contributed by atoms with Crippen molar-refractivity contribution in [3.05, 3.63) is 18.1 Å². The molecule has 2 saturated heterocycles. The summed E-state index contributed by atoms with van der Waals surface area (Å²) in [5.41, 5.74) is 0.994. The molecule has 118 valence electrons. The summed E-state index contributed by atoms with van der Waals surface area (Å²) in [6.07, 6.45) is 9.17. The van der Waals surface area contributed by atoms with E-state index in [0.717, 1.165) is 36.4 Å². The molecule has 0 aliphatic carbocycles. The second-order valence-corrected chi connectivity index (χ2v) is 5.93. The van der Waals surface area contributed by atoms with E-state index >= 15 is 0 Å². The lowest BCUT2D eigenvalue weighted by Crippen LogP contribution is -2.39. The van der Waals surface area contributed by atoms with Gasteiger partial charge >= 0.3 is 0 Å². The quantitative estimate of drug-likeness (QED) is 0.909. The molecule has 0 bridgehead atoms. The largest absolute Gasteiger partial charge is 0.355 e. The van der Waals surface area contributed by atoms with E-state index in [1.165, 1.54) is 38.8 Å². The molecule has 0 unspecified atom stereocenters. The van der Waals surface area contributed by atoms with Crippen molar-refractivity contribution < 1.29 is 0 Å². The Hall–Kier alpha value is -1.16. The predicted molar refractivity (Wildman–Crippen MR) is 88.6 cm³/mol. The van der Waals surface area contributed by atoms with E-state index < -0.39 is 0 Å². The number of piperidine rings is 2. The topological polar surface area (TPSA) is 41.1 Å². The highest BCUT2D eigenvalue weighted by molar-refractivity contribution is 5.36. The molecule has 0 aromatic carbocycles. The number of hydrogen-bond donors (Lipinski definition) is 1. The van der Waals surface area contributed by atoms with Crippen molar-refractivity contribution in [1.29, 1.82) is 0 Å². The summed E-state index contributed by atoms with van der Waals surface area (Å²) in [7, 11) is 0. The van der Waals surface area contributed by atoms with Gasteiger partial charge in [0.15, 0.2) is 0 Å². The highest BCUT2D eigenvalue weighted by Gasteiger charge is 2.27. The maximum Gasteiger partial charge on any atom is 0.147 e. The summed E-state index contributed by atoms with van der Waals surface area (Å²) in [4.78, 5) is 11.2. The van der Waals surface area contributed by atoms with Gasteiger partial charge in [0, 0.05) is 13.1 Å². The molecule has 4 heteroatoms. The van der Waals surface area contributed by atoms with E-state index in [0.29, 0.717) is 0 Å². The molecule has 1 N–H and O–H groups in total. The number of aromatic nitrogens is 2. The Morgan fingerprint density at radius 1 is 0.952 bits per heavy atom. The van der Waals surface area contributed by atoms with Crippen LogP contribution in [0, 0.1) is 18.8 Å². The van der Waals surface area contributed by atoms with Crippen LogP contribution in [-0.2, 0) is 0 Å². The Bertz CT molecular complexity index is 390. The minimum absolute atomic E-state index is 0.928. The fourth-order valence-corrected chi connectivity index (χ4v) is 3.46. The molecule has 3 heterocycles. The minimum Gasteiger partial charge on any atom is -0.355 e. The van der Waals surface area contributed by atoms with Gasteiger partial charge in [-0.3, -0.25) is 4.98 Å². The zero-order valence-electron chi connectivity index (χ0n) is 13.8. The molecule has 0 saturated carbocycles. The first-order valence-electron chi connectivity index (χ1n) is 8.57. The van der Waals surface area contributed by atoms with Crippen LogP contribution in [0.25, 0.3) is 0 Å². The van der Waals surface area contributed by atoms with Crippen molar-refractivity contribution in [2.24, 2.45) is 11.8 Å². The van der Waals surface area contributed by atoms with E-state index in [1.807, 2.05) is 33.2 Å². The molecular weight excluding hydrogens is 260 g/mol. The smallest absolute Gasteiger partial charge is 0.147 e. The molecule has 3 rings (SSSR count). The zero-order chi connectivity index (χ0) is 15.1. The van der Waals surface area contributed by atoms with Crippen molar-refractivity contribution in [3.8, 4) is 0 Å². The van der Waals surface area contributed by atoms with Gasteiger partial charge in [-0.15, -0.1) is 0 Å². The number of anilines is 1. The van der Waals surface area contributed by atoms with Gasteiger partial charge in [-0.25, -0.2) is 4.98 Å². The lowest BCUT2D eigenvalue weighted by Gasteiger charge is -2.38. The monoisotopic (exact) mass is 290 g/mol. The molecule has 0 amide bonds. The number of nitrogens with zero attached hydrogens (tertiary/aromatic N) is 3. The van der Waals surface area contributed by atoms with Crippen LogP contribution in [0.2, 0.25) is 0 Å². The molecular formula is C17H30N4. The fraction of sp³-hybridized carbons (Fsp3) is 0.765. The molecule has 0 radical (unpaired) electrons. The first kappa shape index (κ1) is 16.2. The van der Waals surface area contributed by atoms with Crippen molar-refractivity contribution in [2.45, 2.75) is 46.5 Å². The maximum absolute atomic E-state index is 4.49. The molecule has 2 aliphatic heterocycles. The fourth-order valence-electron chi connectivity index (χ4n) is 3.46. The second kappa shape index (κ2) is 8.32. The van der Waals surface area contributed by atoms with Crippen LogP contribution in [0.3, 0.4) is 0 Å². The Morgan fingerprint density at radius 2 is 1.57 bits per heavy atom. The van der Waals surface area contributed by atoms with Crippen LogP contribution < -0.4 is 10.2 Å². The van der Waals surface area contributed by atoms with E-state index in [9.17, 15) is 0 Å². The van der Waals surface area contributed by atoms with Gasteiger partial charge in [-0.05, 0) is 57.5 Å². The maximum atomic E-state index is 4.49. The van der Waals surface area contributed by atoms with Crippen LogP contribution >= 0.6 is 0 Å². The minimum atomic E-state index is 0.928. The van der Waals surface area contributed by atoms with Gasteiger partial charge in [0.25, 0.3) is 0 Å². The zero-order valence-corrected chi connectivity index (χ0v) is 13.8. The van der Waals surface area contributed by atoms with Crippen molar-refractivity contribution in [1.82, 2.24) is 15.3 Å². The van der Waals surface area contributed by atoms with Crippen LogP contribution in [0.1, 0.15) is 45.2 Å². The normalized spacial score (nSPS) is 20.8. The van der Waals surface area contributed by atoms with Crippen molar-refractivity contribution in [3.63, 3.8) is 0 Å². The van der Waals surface area contributed by atoms with Crippen LogP contribution in [0.4, 0.5) is 5.82 Å². The average Bonchev–Trinajstić information content (AvgIpc) is 2.58. The van der Waals surface area contributed by atoms with E-state index in [1.54, 1.807) is 0 Å². The Labute approximate surface area is 129 Å². The third kappa shape index (κ3) is 4.40. The Kier molecular flexibility index (Phi) is 6.43. The summed E-state index contributed by atoms with van der Waals surface area (Å²) in [5, 5.41) is 3.47. The van der Waals surface area contributed by atoms with Crippen LogP contribution in [-0.4, -0.2) is 36.1 Å². The number of aryl methyl sites for hydroxylation is 1. The van der Waals surface area contributed by atoms with E-state index in [-0.39, 0.29) is 0 Å². The molecule has 1 aromatic rings. The summed E-state index contributed by atoms with van der Waals surface area (Å²) in [6, 6.07) is 0. The van der Waals surface area contributed by atoms with E-state index in [4.69, 9.17) is 0 Å². The highest BCUT2D eigenvalue weighted by atomic mass is 15.2. The standard InChI is InChI=1S/C15H24N4.C2H6/c1-12-10-18-15(11-17-12)19-8-4-14(5-9-19)13-2-6-16-7-3-13;1-2/h10-11,13-14,16H,2-9H2,1H3;1-2H3. The van der Waals surface area contributed by atoms with Crippen LogP contribution in [0.5, 0.6) is 0 Å². The SMILES string of the molecule is CC.Cc1cnc(N2CCC(C3CCNCC3)CC2)cn1. The summed E-state index contributed by atoms with van der Waals surface area (Å²) in [5.74, 6) is 2.93. The molecule has 0 spiro atoms. The molecule has 21 heavy (non-hydrogen) atoms. The van der Waals surface area contributed by atoms with Gasteiger partial charge in [0.2, 0.25) is 0 Å². The third-order valence-corrected chi connectivity index (χ3v) is 4.68. The lowest BCUT2D eigenvalue weighted by molar-refractivity contribution is 0.221. The van der Waals surface area contributed by atoms with Crippen molar-refractivity contribution in [2.75, 3.05) is 31.1 Å². The van der Waals surface area contributed by atoms with Gasteiger partial charge in [-0.2, -0.15) is 0 Å². The van der Waals surface area contributed by atoms with Gasteiger partial charge in [0.1, 0.15) is 5.82 Å². The molecule has 2 aliphatic rings. The summed E-state index contributed by atoms with van der Waals surface area (Å²) < 4.78 is 0. The second-order valence-electron chi connectivity index (χ2n) is 5.93. The highest BCUT2D eigenvalue weighted by Crippen LogP contribution is 2.31. The van der Waals surface area contributed by atoms with Gasteiger partial charge < -0.3 is 10.2 Å². The Morgan fingerprint density at radius 3 is 2.14 bits per heavy atom. The predicted octanol–water partition coefficient (Wildman–Crippen LogP) is 3.03. The number of nitrogens with one attached hydrogen (secondary N) is 1. The first-order chi connectivity index (χ1) is 10.3. The summed E-state index contributed by atoms with van der Waals surface area (Å²) in [6.45, 7) is 10.7. The lowest BCUT2D eigenvalue weighted by atomic mass is 9.79. The van der Waals surface area contributed by atoms with Crippen molar-refractivity contribution >= 4 is 5.82 Å². The van der Waals surface area contributed by atoms with Gasteiger partial charge in [-0.1, -0.05) is 13.8 Å². The Balaban J connectivity index is 0.000000774. The van der Waals surface area contributed by atoms with Gasteiger partial charge in [0.05, 0.1) is 18.1 Å². The average molecular weight is 290 g/mol. The molecule has 4 nitrogen and oxygen atoms in total. The summed E-state index contributed by atoms with van der Waals surface area (Å²) >= 11 is 0. The van der Waals surface area contributed by atoms with Crippen LogP contribution in [0.15, 0.2) is 12.4 Å².